The SMILES string of the molecule is O=S1(=O)N(CC2CCNCC2)c2ccccc2N1c1ccccc1. The fraction of sp³-hybridized carbons (Fsp3) is 0.333. The number of hydrogen-bond acceptors (Lipinski definition) is 3. The molecule has 1 fully saturated rings. The molecule has 24 heavy (non-hydrogen) atoms. The molecule has 5 nitrogen and oxygen atoms in total. The van der Waals surface area contributed by atoms with Crippen molar-refractivity contribution in [2.45, 2.75) is 12.8 Å². The van der Waals surface area contributed by atoms with Crippen LogP contribution in [0.15, 0.2) is 54.6 Å². The summed E-state index contributed by atoms with van der Waals surface area (Å²) in [7, 11) is -3.59. The molecular formula is C18H21N3O2S. The fourth-order valence-electron chi connectivity index (χ4n) is 3.52. The lowest BCUT2D eigenvalue weighted by molar-refractivity contribution is 0.382. The first-order valence-corrected chi connectivity index (χ1v) is 9.75. The van der Waals surface area contributed by atoms with Crippen molar-refractivity contribution in [1.29, 1.82) is 0 Å². The largest absolute Gasteiger partial charge is 0.330 e. The molecule has 0 aliphatic carbocycles. The van der Waals surface area contributed by atoms with Crippen molar-refractivity contribution in [1.82, 2.24) is 5.32 Å². The van der Waals surface area contributed by atoms with E-state index in [1.807, 2.05) is 54.6 Å². The van der Waals surface area contributed by atoms with Crippen LogP contribution < -0.4 is 13.9 Å². The minimum atomic E-state index is -3.59. The molecule has 2 heterocycles. The Morgan fingerprint density at radius 2 is 1.54 bits per heavy atom. The van der Waals surface area contributed by atoms with Gasteiger partial charge in [0.2, 0.25) is 0 Å². The van der Waals surface area contributed by atoms with E-state index in [-0.39, 0.29) is 0 Å². The zero-order valence-electron chi connectivity index (χ0n) is 13.4. The lowest BCUT2D eigenvalue weighted by Gasteiger charge is -2.28. The van der Waals surface area contributed by atoms with Crippen molar-refractivity contribution in [3.63, 3.8) is 0 Å². The minimum Gasteiger partial charge on any atom is -0.317 e. The van der Waals surface area contributed by atoms with E-state index in [0.29, 0.717) is 18.2 Å². The van der Waals surface area contributed by atoms with Crippen molar-refractivity contribution >= 4 is 27.3 Å². The third-order valence-electron chi connectivity index (χ3n) is 4.75. The molecule has 2 aromatic carbocycles. The topological polar surface area (TPSA) is 52.7 Å². The second kappa shape index (κ2) is 6.11. The van der Waals surface area contributed by atoms with Gasteiger partial charge in [0.1, 0.15) is 0 Å². The van der Waals surface area contributed by atoms with Crippen molar-refractivity contribution in [2.24, 2.45) is 5.92 Å². The zero-order chi connectivity index (χ0) is 16.6. The number of rotatable bonds is 3. The van der Waals surface area contributed by atoms with Gasteiger partial charge in [-0.25, -0.2) is 4.31 Å². The van der Waals surface area contributed by atoms with Crippen LogP contribution in [0.3, 0.4) is 0 Å². The van der Waals surface area contributed by atoms with Gasteiger partial charge in [0, 0.05) is 6.54 Å². The Morgan fingerprint density at radius 1 is 0.917 bits per heavy atom. The average molecular weight is 343 g/mol. The predicted molar refractivity (Wildman–Crippen MR) is 96.9 cm³/mol. The van der Waals surface area contributed by atoms with Gasteiger partial charge >= 0.3 is 10.2 Å². The monoisotopic (exact) mass is 343 g/mol. The molecule has 0 spiro atoms. The van der Waals surface area contributed by atoms with Crippen LogP contribution in [-0.2, 0) is 10.2 Å². The summed E-state index contributed by atoms with van der Waals surface area (Å²) in [6.07, 6.45) is 2.03. The van der Waals surface area contributed by atoms with Crippen LogP contribution in [0.5, 0.6) is 0 Å². The van der Waals surface area contributed by atoms with E-state index in [0.717, 1.165) is 37.3 Å². The summed E-state index contributed by atoms with van der Waals surface area (Å²) < 4.78 is 29.6. The third-order valence-corrected chi connectivity index (χ3v) is 6.52. The highest BCUT2D eigenvalue weighted by Crippen LogP contribution is 2.45. The molecule has 0 atom stereocenters. The Labute approximate surface area is 143 Å². The van der Waals surface area contributed by atoms with Crippen LogP contribution in [0.1, 0.15) is 12.8 Å². The number of nitrogens with zero attached hydrogens (tertiary/aromatic N) is 2. The van der Waals surface area contributed by atoms with Crippen molar-refractivity contribution < 1.29 is 8.42 Å². The Hall–Kier alpha value is -2.05. The summed E-state index contributed by atoms with van der Waals surface area (Å²) in [5.74, 6) is 0.393. The van der Waals surface area contributed by atoms with Gasteiger partial charge < -0.3 is 5.32 Å². The third kappa shape index (κ3) is 2.56. The Kier molecular flexibility index (Phi) is 3.94. The molecule has 126 valence electrons. The van der Waals surface area contributed by atoms with Gasteiger partial charge in [-0.3, -0.25) is 4.31 Å². The van der Waals surface area contributed by atoms with E-state index < -0.39 is 10.2 Å². The molecule has 2 aromatic rings. The van der Waals surface area contributed by atoms with Crippen LogP contribution in [0.2, 0.25) is 0 Å². The van der Waals surface area contributed by atoms with Gasteiger partial charge in [-0.1, -0.05) is 30.3 Å². The summed E-state index contributed by atoms with van der Waals surface area (Å²) in [5, 5.41) is 3.34. The molecule has 1 saturated heterocycles. The quantitative estimate of drug-likeness (QED) is 0.932. The number of nitrogens with one attached hydrogen (secondary N) is 1. The molecule has 4 rings (SSSR count). The van der Waals surface area contributed by atoms with E-state index in [2.05, 4.69) is 5.32 Å². The second-order valence-electron chi connectivity index (χ2n) is 6.32. The minimum absolute atomic E-state index is 0.393. The van der Waals surface area contributed by atoms with Gasteiger partial charge in [0.15, 0.2) is 0 Å². The maximum absolute atomic E-state index is 13.3. The molecule has 0 aromatic heterocycles. The van der Waals surface area contributed by atoms with Crippen LogP contribution in [-0.4, -0.2) is 28.1 Å². The van der Waals surface area contributed by atoms with Crippen LogP contribution in [0, 0.1) is 5.92 Å². The zero-order valence-corrected chi connectivity index (χ0v) is 14.2. The van der Waals surface area contributed by atoms with Crippen molar-refractivity contribution in [3.8, 4) is 0 Å². The predicted octanol–water partition coefficient (Wildman–Crippen LogP) is 2.89. The van der Waals surface area contributed by atoms with Crippen LogP contribution in [0.4, 0.5) is 17.1 Å². The lowest BCUT2D eigenvalue weighted by Crippen LogP contribution is -2.41. The first-order chi connectivity index (χ1) is 11.7. The molecule has 2 aliphatic heterocycles. The Bertz CT molecular complexity index is 817. The standard InChI is InChI=1S/C18H21N3O2S/c22-24(23)20(14-15-10-12-19-13-11-15)17-8-4-5-9-18(17)21(24)16-6-2-1-3-7-16/h1-9,15,19H,10-14H2. The number of anilines is 3. The van der Waals surface area contributed by atoms with Gasteiger partial charge in [0.25, 0.3) is 0 Å². The molecule has 0 saturated carbocycles. The van der Waals surface area contributed by atoms with E-state index in [1.54, 1.807) is 4.31 Å². The van der Waals surface area contributed by atoms with Gasteiger partial charge in [0.05, 0.1) is 17.1 Å². The first kappa shape index (κ1) is 15.5. The lowest BCUT2D eigenvalue weighted by atomic mass is 9.98. The molecule has 0 amide bonds. The van der Waals surface area contributed by atoms with Gasteiger partial charge in [-0.05, 0) is 56.1 Å². The summed E-state index contributed by atoms with van der Waals surface area (Å²) >= 11 is 0. The number of hydrogen-bond donors (Lipinski definition) is 1. The molecule has 0 unspecified atom stereocenters. The molecule has 0 radical (unpaired) electrons. The van der Waals surface area contributed by atoms with E-state index in [1.165, 1.54) is 4.31 Å². The number of para-hydroxylation sites is 3. The van der Waals surface area contributed by atoms with Gasteiger partial charge in [-0.15, -0.1) is 0 Å². The number of fused-ring (bicyclic) bond motifs is 1. The number of benzene rings is 2. The van der Waals surface area contributed by atoms with Crippen molar-refractivity contribution in [3.05, 3.63) is 54.6 Å². The Balaban J connectivity index is 1.75. The Morgan fingerprint density at radius 3 is 2.25 bits per heavy atom. The summed E-state index contributed by atoms with van der Waals surface area (Å²) in [6.45, 7) is 2.47. The van der Waals surface area contributed by atoms with Crippen LogP contribution >= 0.6 is 0 Å². The molecule has 6 heteroatoms. The normalized spacial score (nSPS) is 20.2. The smallest absolute Gasteiger partial charge is 0.317 e. The maximum atomic E-state index is 13.3. The summed E-state index contributed by atoms with van der Waals surface area (Å²) in [5.41, 5.74) is 2.19. The van der Waals surface area contributed by atoms with Crippen LogP contribution in [0.25, 0.3) is 0 Å². The highest BCUT2D eigenvalue weighted by atomic mass is 32.2. The second-order valence-corrected chi connectivity index (χ2v) is 8.02. The van der Waals surface area contributed by atoms with E-state index in [9.17, 15) is 8.42 Å². The highest BCUT2D eigenvalue weighted by Gasteiger charge is 2.41. The first-order valence-electron chi connectivity index (χ1n) is 8.36. The fourth-order valence-corrected chi connectivity index (χ4v) is 5.31. The maximum Gasteiger partial charge on any atom is 0.330 e. The summed E-state index contributed by atoms with van der Waals surface area (Å²) in [6, 6.07) is 16.9. The number of piperidine rings is 1. The van der Waals surface area contributed by atoms with Gasteiger partial charge in [-0.2, -0.15) is 8.42 Å². The van der Waals surface area contributed by atoms with E-state index >= 15 is 0 Å². The average Bonchev–Trinajstić information content (AvgIpc) is 2.84. The van der Waals surface area contributed by atoms with E-state index in [4.69, 9.17) is 0 Å². The highest BCUT2D eigenvalue weighted by molar-refractivity contribution is 7.95. The molecule has 0 bridgehead atoms. The molecular weight excluding hydrogens is 322 g/mol. The molecule has 1 N–H and O–H groups in total. The molecule has 2 aliphatic rings. The van der Waals surface area contributed by atoms with Crippen molar-refractivity contribution in [2.75, 3.05) is 28.2 Å². The summed E-state index contributed by atoms with van der Waals surface area (Å²) in [4.78, 5) is 0.